The van der Waals surface area contributed by atoms with Crippen LogP contribution in [0.4, 0.5) is 0 Å². The molecule has 1 aliphatic rings. The lowest BCUT2D eigenvalue weighted by molar-refractivity contribution is -0.144. The first-order chi connectivity index (χ1) is 10.6. The third-order valence-electron chi connectivity index (χ3n) is 3.95. The zero-order chi connectivity index (χ0) is 15.9. The SMILES string of the molecule is O=C(Cc1ccc(Cl)cc1)NCC(C(=O)O)C1CCOCC1. The molecule has 5 nitrogen and oxygen atoms in total. The molecule has 0 saturated carbocycles. The number of amides is 1. The molecule has 1 fully saturated rings. The molecule has 1 aromatic rings. The first-order valence-electron chi connectivity index (χ1n) is 7.38. The Morgan fingerprint density at radius 2 is 1.91 bits per heavy atom. The fraction of sp³-hybridized carbons (Fsp3) is 0.500. The van der Waals surface area contributed by atoms with Crippen LogP contribution in [0.15, 0.2) is 24.3 Å². The molecule has 0 aromatic heterocycles. The van der Waals surface area contributed by atoms with Crippen LogP contribution in [0, 0.1) is 11.8 Å². The predicted octanol–water partition coefficient (Wildman–Crippen LogP) is 2.13. The molecule has 6 heteroatoms. The van der Waals surface area contributed by atoms with Crippen molar-refractivity contribution in [2.45, 2.75) is 19.3 Å². The van der Waals surface area contributed by atoms with E-state index < -0.39 is 11.9 Å². The topological polar surface area (TPSA) is 75.6 Å². The minimum atomic E-state index is -0.862. The Morgan fingerprint density at radius 3 is 2.50 bits per heavy atom. The van der Waals surface area contributed by atoms with Crippen molar-refractivity contribution < 1.29 is 19.4 Å². The zero-order valence-electron chi connectivity index (χ0n) is 12.3. The Labute approximate surface area is 134 Å². The van der Waals surface area contributed by atoms with Gasteiger partial charge in [-0.3, -0.25) is 9.59 Å². The van der Waals surface area contributed by atoms with Gasteiger partial charge in [0.1, 0.15) is 0 Å². The van der Waals surface area contributed by atoms with Gasteiger partial charge in [0.15, 0.2) is 0 Å². The molecule has 1 saturated heterocycles. The van der Waals surface area contributed by atoms with Gasteiger partial charge in [0.2, 0.25) is 5.91 Å². The summed E-state index contributed by atoms with van der Waals surface area (Å²) in [6, 6.07) is 7.03. The lowest BCUT2D eigenvalue weighted by Crippen LogP contribution is -2.39. The zero-order valence-corrected chi connectivity index (χ0v) is 13.0. The number of benzene rings is 1. The fourth-order valence-electron chi connectivity index (χ4n) is 2.65. The predicted molar refractivity (Wildman–Crippen MR) is 82.8 cm³/mol. The van der Waals surface area contributed by atoms with Crippen molar-refractivity contribution in [3.8, 4) is 0 Å². The van der Waals surface area contributed by atoms with Crippen LogP contribution in [0.1, 0.15) is 18.4 Å². The molecule has 1 amide bonds. The lowest BCUT2D eigenvalue weighted by Gasteiger charge is -2.27. The van der Waals surface area contributed by atoms with E-state index in [4.69, 9.17) is 16.3 Å². The normalized spacial score (nSPS) is 17.0. The molecule has 120 valence electrons. The number of halogens is 1. The summed E-state index contributed by atoms with van der Waals surface area (Å²) in [5.41, 5.74) is 0.847. The van der Waals surface area contributed by atoms with Crippen LogP contribution >= 0.6 is 11.6 Å². The van der Waals surface area contributed by atoms with Crippen molar-refractivity contribution in [2.24, 2.45) is 11.8 Å². The lowest BCUT2D eigenvalue weighted by atomic mass is 9.86. The number of ether oxygens (including phenoxy) is 1. The number of carboxylic acid groups (broad SMARTS) is 1. The third-order valence-corrected chi connectivity index (χ3v) is 4.20. The molecule has 0 spiro atoms. The molecule has 2 N–H and O–H groups in total. The summed E-state index contributed by atoms with van der Waals surface area (Å²) in [6.45, 7) is 1.34. The summed E-state index contributed by atoms with van der Waals surface area (Å²) >= 11 is 5.80. The Balaban J connectivity index is 1.84. The van der Waals surface area contributed by atoms with Crippen LogP contribution in [0.5, 0.6) is 0 Å². The van der Waals surface area contributed by atoms with Crippen molar-refractivity contribution in [1.82, 2.24) is 5.32 Å². The van der Waals surface area contributed by atoms with Gasteiger partial charge in [-0.25, -0.2) is 0 Å². The van der Waals surface area contributed by atoms with Crippen LogP contribution in [0.3, 0.4) is 0 Å². The largest absolute Gasteiger partial charge is 0.481 e. The second kappa shape index (κ2) is 8.15. The highest BCUT2D eigenvalue weighted by Crippen LogP contribution is 2.23. The summed E-state index contributed by atoms with van der Waals surface area (Å²) in [7, 11) is 0. The summed E-state index contributed by atoms with van der Waals surface area (Å²) < 4.78 is 5.25. The minimum Gasteiger partial charge on any atom is -0.481 e. The smallest absolute Gasteiger partial charge is 0.308 e. The molecule has 1 aromatic carbocycles. The fourth-order valence-corrected chi connectivity index (χ4v) is 2.77. The van der Waals surface area contributed by atoms with E-state index >= 15 is 0 Å². The Hall–Kier alpha value is -1.59. The molecular formula is C16H20ClNO4. The Morgan fingerprint density at radius 1 is 1.27 bits per heavy atom. The number of nitrogens with one attached hydrogen (secondary N) is 1. The molecule has 0 aliphatic carbocycles. The van der Waals surface area contributed by atoms with Crippen molar-refractivity contribution in [2.75, 3.05) is 19.8 Å². The standard InChI is InChI=1S/C16H20ClNO4/c17-13-3-1-11(2-4-13)9-15(19)18-10-14(16(20)21)12-5-7-22-8-6-12/h1-4,12,14H,5-10H2,(H,18,19)(H,20,21). The maximum absolute atomic E-state index is 11.9. The maximum atomic E-state index is 11.9. The molecule has 1 heterocycles. The number of carbonyl (C=O) groups is 2. The number of hydrogen-bond acceptors (Lipinski definition) is 3. The van der Waals surface area contributed by atoms with E-state index in [-0.39, 0.29) is 24.8 Å². The Bertz CT molecular complexity index is 511. The summed E-state index contributed by atoms with van der Waals surface area (Å²) in [6.07, 6.45) is 1.67. The summed E-state index contributed by atoms with van der Waals surface area (Å²) in [5.74, 6) is -1.54. The van der Waals surface area contributed by atoms with Gasteiger partial charge in [-0.15, -0.1) is 0 Å². The average molecular weight is 326 g/mol. The first-order valence-corrected chi connectivity index (χ1v) is 7.75. The van der Waals surface area contributed by atoms with Gasteiger partial charge >= 0.3 is 5.97 Å². The molecule has 1 aliphatic heterocycles. The van der Waals surface area contributed by atoms with E-state index in [1.807, 2.05) is 0 Å². The number of aliphatic carboxylic acids is 1. The average Bonchev–Trinajstić information content (AvgIpc) is 2.50. The highest BCUT2D eigenvalue weighted by atomic mass is 35.5. The van der Waals surface area contributed by atoms with E-state index in [0.717, 1.165) is 18.4 Å². The monoisotopic (exact) mass is 325 g/mol. The molecule has 1 atom stereocenters. The summed E-state index contributed by atoms with van der Waals surface area (Å²) in [4.78, 5) is 23.3. The van der Waals surface area contributed by atoms with Gasteiger partial charge < -0.3 is 15.2 Å². The number of rotatable bonds is 6. The van der Waals surface area contributed by atoms with Crippen LogP contribution < -0.4 is 5.32 Å². The van der Waals surface area contributed by atoms with Crippen molar-refractivity contribution >= 4 is 23.5 Å². The van der Waals surface area contributed by atoms with Gasteiger partial charge in [-0.1, -0.05) is 23.7 Å². The van der Waals surface area contributed by atoms with Gasteiger partial charge in [-0.05, 0) is 36.5 Å². The number of hydrogen-bond donors (Lipinski definition) is 2. The van der Waals surface area contributed by atoms with Gasteiger partial charge in [0.05, 0.1) is 12.3 Å². The quantitative estimate of drug-likeness (QED) is 0.840. The van der Waals surface area contributed by atoms with Crippen LogP contribution in [0.25, 0.3) is 0 Å². The molecule has 1 unspecified atom stereocenters. The van der Waals surface area contributed by atoms with Gasteiger partial charge in [0.25, 0.3) is 0 Å². The third kappa shape index (κ3) is 5.00. The van der Waals surface area contributed by atoms with E-state index in [1.54, 1.807) is 24.3 Å². The molecule has 0 bridgehead atoms. The van der Waals surface area contributed by atoms with Crippen molar-refractivity contribution in [1.29, 1.82) is 0 Å². The summed E-state index contributed by atoms with van der Waals surface area (Å²) in [5, 5.41) is 12.7. The second-order valence-corrected chi connectivity index (χ2v) is 5.94. The minimum absolute atomic E-state index is 0.0575. The van der Waals surface area contributed by atoms with E-state index in [0.29, 0.717) is 18.2 Å². The van der Waals surface area contributed by atoms with Crippen LogP contribution in [-0.4, -0.2) is 36.7 Å². The highest BCUT2D eigenvalue weighted by Gasteiger charge is 2.29. The van der Waals surface area contributed by atoms with Crippen molar-refractivity contribution in [3.63, 3.8) is 0 Å². The molecule has 0 radical (unpaired) electrons. The van der Waals surface area contributed by atoms with Gasteiger partial charge in [-0.2, -0.15) is 0 Å². The van der Waals surface area contributed by atoms with Crippen molar-refractivity contribution in [3.05, 3.63) is 34.9 Å². The first kappa shape index (κ1) is 16.8. The van der Waals surface area contributed by atoms with E-state index in [9.17, 15) is 14.7 Å². The van der Waals surface area contributed by atoms with Crippen LogP contribution in [-0.2, 0) is 20.7 Å². The molecular weight excluding hydrogens is 306 g/mol. The molecule has 2 rings (SSSR count). The number of carboxylic acids is 1. The van der Waals surface area contributed by atoms with Crippen LogP contribution in [0.2, 0.25) is 5.02 Å². The van der Waals surface area contributed by atoms with E-state index in [2.05, 4.69) is 5.32 Å². The second-order valence-electron chi connectivity index (χ2n) is 5.50. The Kier molecular flexibility index (Phi) is 6.21. The molecule has 22 heavy (non-hydrogen) atoms. The number of carbonyl (C=O) groups excluding carboxylic acids is 1. The van der Waals surface area contributed by atoms with E-state index in [1.165, 1.54) is 0 Å². The highest BCUT2D eigenvalue weighted by molar-refractivity contribution is 6.30. The maximum Gasteiger partial charge on any atom is 0.308 e. The van der Waals surface area contributed by atoms with Gasteiger partial charge in [0, 0.05) is 24.8 Å².